The maximum atomic E-state index is 10.1. The summed E-state index contributed by atoms with van der Waals surface area (Å²) in [6.07, 6.45) is 0.600. The van der Waals surface area contributed by atoms with Gasteiger partial charge < -0.3 is 19.7 Å². The molecule has 1 aromatic heterocycles. The zero-order valence-electron chi connectivity index (χ0n) is 8.69. The topological polar surface area (TPSA) is 80.4 Å². The van der Waals surface area contributed by atoms with Crippen LogP contribution in [0.3, 0.4) is 0 Å². The van der Waals surface area contributed by atoms with Gasteiger partial charge in [0.1, 0.15) is 6.61 Å². The van der Waals surface area contributed by atoms with Crippen LogP contribution in [-0.4, -0.2) is 34.9 Å². The molecule has 2 heterocycles. The highest BCUT2D eigenvalue weighted by molar-refractivity contribution is 5.03. The fourth-order valence-electron chi connectivity index (χ4n) is 1.56. The quantitative estimate of drug-likeness (QED) is 0.720. The van der Waals surface area contributed by atoms with E-state index in [0.29, 0.717) is 32.0 Å². The molecular formula is C9H15N3O3. The highest BCUT2D eigenvalue weighted by Gasteiger charge is 2.38. The van der Waals surface area contributed by atoms with Gasteiger partial charge in [-0.3, -0.25) is 0 Å². The van der Waals surface area contributed by atoms with Gasteiger partial charge in [0.05, 0.1) is 0 Å². The highest BCUT2D eigenvalue weighted by atomic mass is 16.5. The molecule has 1 aromatic rings. The molecule has 0 bridgehead atoms. The molecule has 1 unspecified atom stereocenters. The minimum atomic E-state index is -1.00. The van der Waals surface area contributed by atoms with Crippen molar-refractivity contribution in [1.29, 1.82) is 0 Å². The molecule has 0 aliphatic carbocycles. The lowest BCUT2D eigenvalue weighted by atomic mass is 10.0. The Bertz CT molecular complexity index is 320. The zero-order valence-corrected chi connectivity index (χ0v) is 8.69. The van der Waals surface area contributed by atoms with Gasteiger partial charge in [0.2, 0.25) is 0 Å². The van der Waals surface area contributed by atoms with Gasteiger partial charge in [-0.2, -0.15) is 4.98 Å². The summed E-state index contributed by atoms with van der Waals surface area (Å²) in [6.45, 7) is 4.05. The Morgan fingerprint density at radius 2 is 2.53 bits per heavy atom. The summed E-state index contributed by atoms with van der Waals surface area (Å²) in [5, 5.41) is 16.9. The third kappa shape index (κ3) is 2.17. The molecule has 0 aromatic carbocycles. The van der Waals surface area contributed by atoms with E-state index in [-0.39, 0.29) is 5.89 Å². The normalized spacial score (nSPS) is 26.0. The zero-order chi connectivity index (χ0) is 10.7. The molecule has 6 nitrogen and oxygen atoms in total. The van der Waals surface area contributed by atoms with E-state index in [1.165, 1.54) is 0 Å². The fourth-order valence-corrected chi connectivity index (χ4v) is 1.56. The number of aromatic nitrogens is 2. The molecule has 0 amide bonds. The number of β-amino-alcohol motifs (C(OH)–C–C–N with tert-alkyl or cyclic N) is 1. The van der Waals surface area contributed by atoms with Crippen LogP contribution in [0, 0.1) is 0 Å². The third-order valence-corrected chi connectivity index (χ3v) is 2.43. The van der Waals surface area contributed by atoms with Gasteiger partial charge >= 0.3 is 0 Å². The SMILES string of the molecule is CCOCc1noc(C2(O)CCNC2)n1. The summed E-state index contributed by atoms with van der Waals surface area (Å²) in [5.74, 6) is 0.759. The van der Waals surface area contributed by atoms with Crippen LogP contribution in [0.2, 0.25) is 0 Å². The standard InChI is InChI=1S/C9H15N3O3/c1-2-14-5-7-11-8(15-12-7)9(13)3-4-10-6-9/h10,13H,2-6H2,1H3. The van der Waals surface area contributed by atoms with Crippen LogP contribution in [0.1, 0.15) is 25.1 Å². The maximum Gasteiger partial charge on any atom is 0.260 e. The number of rotatable bonds is 4. The molecular weight excluding hydrogens is 198 g/mol. The molecule has 2 rings (SSSR count). The predicted molar refractivity (Wildman–Crippen MR) is 51.0 cm³/mol. The molecule has 0 saturated carbocycles. The number of nitrogens with zero attached hydrogens (tertiary/aromatic N) is 2. The van der Waals surface area contributed by atoms with Gasteiger partial charge in [-0.1, -0.05) is 5.16 Å². The van der Waals surface area contributed by atoms with Crippen molar-refractivity contribution in [2.75, 3.05) is 19.7 Å². The van der Waals surface area contributed by atoms with Crippen molar-refractivity contribution < 1.29 is 14.4 Å². The average Bonchev–Trinajstić information content (AvgIpc) is 2.84. The number of hydrogen-bond donors (Lipinski definition) is 2. The first-order chi connectivity index (χ1) is 7.24. The first-order valence-electron chi connectivity index (χ1n) is 5.08. The van der Waals surface area contributed by atoms with Crippen molar-refractivity contribution in [2.24, 2.45) is 0 Å². The largest absolute Gasteiger partial charge is 0.379 e. The Kier molecular flexibility index (Phi) is 2.99. The Balaban J connectivity index is 2.05. The molecule has 0 spiro atoms. The van der Waals surface area contributed by atoms with E-state index in [1.807, 2.05) is 6.92 Å². The van der Waals surface area contributed by atoms with E-state index in [1.54, 1.807) is 0 Å². The van der Waals surface area contributed by atoms with Crippen molar-refractivity contribution >= 4 is 0 Å². The average molecular weight is 213 g/mol. The molecule has 1 saturated heterocycles. The van der Waals surface area contributed by atoms with Crippen molar-refractivity contribution in [3.05, 3.63) is 11.7 Å². The van der Waals surface area contributed by atoms with Crippen LogP contribution in [0.5, 0.6) is 0 Å². The van der Waals surface area contributed by atoms with Crippen molar-refractivity contribution in [3.8, 4) is 0 Å². The summed E-state index contributed by atoms with van der Waals surface area (Å²) in [5.41, 5.74) is -1.00. The van der Waals surface area contributed by atoms with E-state index in [9.17, 15) is 5.11 Å². The van der Waals surface area contributed by atoms with Crippen LogP contribution < -0.4 is 5.32 Å². The van der Waals surface area contributed by atoms with Crippen molar-refractivity contribution in [1.82, 2.24) is 15.5 Å². The minimum Gasteiger partial charge on any atom is -0.379 e. The lowest BCUT2D eigenvalue weighted by molar-refractivity contribution is 0.0242. The van der Waals surface area contributed by atoms with Crippen LogP contribution in [0.25, 0.3) is 0 Å². The Morgan fingerprint density at radius 1 is 1.67 bits per heavy atom. The van der Waals surface area contributed by atoms with E-state index in [2.05, 4.69) is 15.5 Å². The second kappa shape index (κ2) is 4.26. The minimum absolute atomic E-state index is 0.280. The lowest BCUT2D eigenvalue weighted by Gasteiger charge is -2.14. The summed E-state index contributed by atoms with van der Waals surface area (Å²) < 4.78 is 10.2. The van der Waals surface area contributed by atoms with Gasteiger partial charge in [-0.15, -0.1) is 0 Å². The molecule has 0 radical (unpaired) electrons. The Morgan fingerprint density at radius 3 is 3.20 bits per heavy atom. The number of aliphatic hydroxyl groups is 1. The number of hydrogen-bond acceptors (Lipinski definition) is 6. The second-order valence-corrected chi connectivity index (χ2v) is 3.61. The third-order valence-electron chi connectivity index (χ3n) is 2.43. The van der Waals surface area contributed by atoms with Gasteiger partial charge in [0, 0.05) is 13.2 Å². The van der Waals surface area contributed by atoms with Gasteiger partial charge in [0.15, 0.2) is 11.4 Å². The monoisotopic (exact) mass is 213 g/mol. The van der Waals surface area contributed by atoms with Crippen LogP contribution in [-0.2, 0) is 16.9 Å². The van der Waals surface area contributed by atoms with Crippen molar-refractivity contribution in [2.45, 2.75) is 25.6 Å². The Hall–Kier alpha value is -0.980. The first kappa shape index (κ1) is 10.5. The summed E-state index contributed by atoms with van der Waals surface area (Å²) >= 11 is 0. The number of nitrogens with one attached hydrogen (secondary N) is 1. The van der Waals surface area contributed by atoms with Gasteiger partial charge in [0.25, 0.3) is 5.89 Å². The molecule has 15 heavy (non-hydrogen) atoms. The van der Waals surface area contributed by atoms with Crippen LogP contribution >= 0.6 is 0 Å². The smallest absolute Gasteiger partial charge is 0.260 e. The summed E-state index contributed by atoms with van der Waals surface area (Å²) in [4.78, 5) is 4.11. The molecule has 84 valence electrons. The predicted octanol–water partition coefficient (Wildman–Crippen LogP) is -0.213. The maximum absolute atomic E-state index is 10.1. The summed E-state index contributed by atoms with van der Waals surface area (Å²) in [6, 6.07) is 0. The molecule has 2 N–H and O–H groups in total. The number of ether oxygens (including phenoxy) is 1. The highest BCUT2D eigenvalue weighted by Crippen LogP contribution is 2.25. The fraction of sp³-hybridized carbons (Fsp3) is 0.778. The van der Waals surface area contributed by atoms with Crippen LogP contribution in [0.4, 0.5) is 0 Å². The van der Waals surface area contributed by atoms with E-state index >= 15 is 0 Å². The Labute approximate surface area is 87.6 Å². The van der Waals surface area contributed by atoms with Crippen LogP contribution in [0.15, 0.2) is 4.52 Å². The second-order valence-electron chi connectivity index (χ2n) is 3.61. The molecule has 1 fully saturated rings. The van der Waals surface area contributed by atoms with Crippen molar-refractivity contribution in [3.63, 3.8) is 0 Å². The van der Waals surface area contributed by atoms with Gasteiger partial charge in [-0.05, 0) is 19.9 Å². The van der Waals surface area contributed by atoms with E-state index in [0.717, 1.165) is 6.54 Å². The summed E-state index contributed by atoms with van der Waals surface area (Å²) in [7, 11) is 0. The molecule has 1 atom stereocenters. The van der Waals surface area contributed by atoms with Gasteiger partial charge in [-0.25, -0.2) is 0 Å². The lowest BCUT2D eigenvalue weighted by Crippen LogP contribution is -2.28. The molecule has 6 heteroatoms. The first-order valence-corrected chi connectivity index (χ1v) is 5.08. The van der Waals surface area contributed by atoms with E-state index in [4.69, 9.17) is 9.26 Å². The molecule has 1 aliphatic heterocycles. The van der Waals surface area contributed by atoms with E-state index < -0.39 is 5.60 Å². The molecule has 1 aliphatic rings.